The van der Waals surface area contributed by atoms with Crippen LogP contribution in [-0.2, 0) is 6.42 Å². The van der Waals surface area contributed by atoms with Crippen molar-refractivity contribution in [3.8, 4) is 11.4 Å². The molecule has 1 aliphatic rings. The van der Waals surface area contributed by atoms with Gasteiger partial charge in [0.25, 0.3) is 5.91 Å². The van der Waals surface area contributed by atoms with E-state index in [4.69, 9.17) is 4.74 Å². The van der Waals surface area contributed by atoms with Gasteiger partial charge in [0, 0.05) is 31.4 Å². The molecule has 0 N–H and O–H groups in total. The zero-order chi connectivity index (χ0) is 22.0. The lowest BCUT2D eigenvalue weighted by Crippen LogP contribution is -2.35. The SMILES string of the molecule is COc1ccc(-n2c(CCC(F)(F)F)nc3cc(C(=O)N4CCCCC4)cnc32)cc1. The van der Waals surface area contributed by atoms with Gasteiger partial charge in [-0.05, 0) is 49.6 Å². The minimum Gasteiger partial charge on any atom is -0.497 e. The Balaban J connectivity index is 1.74. The largest absolute Gasteiger partial charge is 0.497 e. The smallest absolute Gasteiger partial charge is 0.389 e. The van der Waals surface area contributed by atoms with Crippen LogP contribution in [0.2, 0.25) is 0 Å². The second-order valence-corrected chi connectivity index (χ2v) is 7.60. The maximum atomic E-state index is 12.9. The van der Waals surface area contributed by atoms with E-state index in [1.54, 1.807) is 46.9 Å². The molecule has 1 saturated heterocycles. The van der Waals surface area contributed by atoms with Gasteiger partial charge >= 0.3 is 6.18 Å². The Morgan fingerprint density at radius 3 is 2.48 bits per heavy atom. The highest BCUT2D eigenvalue weighted by Gasteiger charge is 2.28. The van der Waals surface area contributed by atoms with Gasteiger partial charge in [0.05, 0.1) is 19.1 Å². The average molecular weight is 432 g/mol. The number of likely N-dealkylation sites (tertiary alicyclic amines) is 1. The number of methoxy groups -OCH3 is 1. The van der Waals surface area contributed by atoms with Crippen molar-refractivity contribution in [2.75, 3.05) is 20.2 Å². The van der Waals surface area contributed by atoms with Crippen molar-refractivity contribution in [3.05, 3.63) is 47.9 Å². The highest BCUT2D eigenvalue weighted by molar-refractivity contribution is 5.96. The highest BCUT2D eigenvalue weighted by Crippen LogP contribution is 2.27. The highest BCUT2D eigenvalue weighted by atomic mass is 19.4. The summed E-state index contributed by atoms with van der Waals surface area (Å²) >= 11 is 0. The molecule has 0 radical (unpaired) electrons. The van der Waals surface area contributed by atoms with Gasteiger partial charge in [-0.3, -0.25) is 9.36 Å². The van der Waals surface area contributed by atoms with Gasteiger partial charge in [0.15, 0.2) is 5.65 Å². The van der Waals surface area contributed by atoms with E-state index in [1.807, 2.05) is 0 Å². The zero-order valence-corrected chi connectivity index (χ0v) is 17.2. The van der Waals surface area contributed by atoms with Crippen molar-refractivity contribution in [1.82, 2.24) is 19.4 Å². The normalized spacial score (nSPS) is 14.8. The van der Waals surface area contributed by atoms with Crippen molar-refractivity contribution in [3.63, 3.8) is 0 Å². The molecule has 31 heavy (non-hydrogen) atoms. The summed E-state index contributed by atoms with van der Waals surface area (Å²) in [7, 11) is 1.54. The predicted molar refractivity (Wildman–Crippen MR) is 110 cm³/mol. The third kappa shape index (κ3) is 4.65. The number of fused-ring (bicyclic) bond motifs is 1. The van der Waals surface area contributed by atoms with Crippen molar-refractivity contribution >= 4 is 17.1 Å². The van der Waals surface area contributed by atoms with Crippen LogP contribution in [0.5, 0.6) is 5.75 Å². The summed E-state index contributed by atoms with van der Waals surface area (Å²) in [5.41, 5.74) is 1.84. The summed E-state index contributed by atoms with van der Waals surface area (Å²) < 4.78 is 45.4. The number of aromatic nitrogens is 3. The lowest BCUT2D eigenvalue weighted by Gasteiger charge is -2.26. The number of piperidine rings is 1. The molecule has 3 heterocycles. The van der Waals surface area contributed by atoms with E-state index in [1.165, 1.54) is 6.20 Å². The third-order valence-corrected chi connectivity index (χ3v) is 5.42. The van der Waals surface area contributed by atoms with E-state index in [0.717, 1.165) is 19.3 Å². The molecule has 0 aliphatic carbocycles. The van der Waals surface area contributed by atoms with Gasteiger partial charge in [-0.15, -0.1) is 0 Å². The number of pyridine rings is 1. The average Bonchev–Trinajstić information content (AvgIpc) is 3.15. The number of nitrogens with zero attached hydrogens (tertiary/aromatic N) is 4. The van der Waals surface area contributed by atoms with Crippen molar-refractivity contribution < 1.29 is 22.7 Å². The molecule has 1 amide bonds. The summed E-state index contributed by atoms with van der Waals surface area (Å²) in [5.74, 6) is 0.755. The summed E-state index contributed by atoms with van der Waals surface area (Å²) in [6, 6.07) is 8.55. The monoisotopic (exact) mass is 432 g/mol. The standard InChI is InChI=1S/C22H23F3N4O2/c1-31-17-7-5-16(6-8-17)29-19(9-10-22(23,24)25)27-18-13-15(14-26-20(18)29)21(30)28-11-3-2-4-12-28/h5-8,13-14H,2-4,9-12H2,1H3. The number of alkyl halides is 3. The van der Waals surface area contributed by atoms with Crippen LogP contribution < -0.4 is 4.74 Å². The Hall–Kier alpha value is -3.10. The molecule has 0 unspecified atom stereocenters. The summed E-state index contributed by atoms with van der Waals surface area (Å²) in [5, 5.41) is 0. The number of rotatable bonds is 5. The Labute approximate surface area is 177 Å². The molecule has 0 bridgehead atoms. The zero-order valence-electron chi connectivity index (χ0n) is 17.2. The number of aryl methyl sites for hydroxylation is 1. The Morgan fingerprint density at radius 1 is 1.13 bits per heavy atom. The van der Waals surface area contributed by atoms with E-state index >= 15 is 0 Å². The molecule has 2 aromatic heterocycles. The van der Waals surface area contributed by atoms with Crippen molar-refractivity contribution in [1.29, 1.82) is 0 Å². The molecule has 0 saturated carbocycles. The first kappa shape index (κ1) is 21.1. The fourth-order valence-corrected chi connectivity index (χ4v) is 3.83. The van der Waals surface area contributed by atoms with Gasteiger partial charge in [0.1, 0.15) is 17.1 Å². The number of hydrogen-bond acceptors (Lipinski definition) is 4. The Bertz CT molecular complexity index is 1070. The number of ether oxygens (including phenoxy) is 1. The Kier molecular flexibility index (Phi) is 5.84. The number of amides is 1. The number of hydrogen-bond donors (Lipinski definition) is 0. The van der Waals surface area contributed by atoms with Crippen molar-refractivity contribution in [2.45, 2.75) is 38.3 Å². The molecule has 164 valence electrons. The first-order chi connectivity index (χ1) is 14.9. The minimum atomic E-state index is -4.30. The molecule has 1 fully saturated rings. The van der Waals surface area contributed by atoms with Gasteiger partial charge in [0.2, 0.25) is 0 Å². The van der Waals surface area contributed by atoms with Gasteiger partial charge in [-0.1, -0.05) is 0 Å². The van der Waals surface area contributed by atoms with E-state index in [-0.39, 0.29) is 18.2 Å². The van der Waals surface area contributed by atoms with Gasteiger partial charge < -0.3 is 9.64 Å². The molecule has 9 heteroatoms. The maximum absolute atomic E-state index is 12.9. The minimum absolute atomic E-state index is 0.120. The molecule has 0 atom stereocenters. The van der Waals surface area contributed by atoms with Gasteiger partial charge in [-0.2, -0.15) is 13.2 Å². The van der Waals surface area contributed by atoms with Crippen LogP contribution in [-0.4, -0.2) is 51.7 Å². The molecule has 4 rings (SSSR count). The van der Waals surface area contributed by atoms with Gasteiger partial charge in [-0.25, -0.2) is 9.97 Å². The molecular weight excluding hydrogens is 409 g/mol. The summed E-state index contributed by atoms with van der Waals surface area (Å²) in [4.78, 5) is 23.5. The molecule has 6 nitrogen and oxygen atoms in total. The van der Waals surface area contributed by atoms with Crippen LogP contribution in [0.1, 0.15) is 41.9 Å². The number of benzene rings is 1. The van der Waals surface area contributed by atoms with E-state index in [9.17, 15) is 18.0 Å². The fraction of sp³-hybridized carbons (Fsp3) is 0.409. The van der Waals surface area contributed by atoms with E-state index in [0.29, 0.717) is 41.3 Å². The van der Waals surface area contributed by atoms with Crippen LogP contribution >= 0.6 is 0 Å². The fourth-order valence-electron chi connectivity index (χ4n) is 3.83. The van der Waals surface area contributed by atoms with Crippen LogP contribution in [0, 0.1) is 0 Å². The number of halogens is 3. The number of carbonyl (C=O) groups is 1. The predicted octanol–water partition coefficient (Wildman–Crippen LogP) is 4.55. The first-order valence-electron chi connectivity index (χ1n) is 10.2. The maximum Gasteiger partial charge on any atom is 0.389 e. The van der Waals surface area contributed by atoms with Crippen LogP contribution in [0.15, 0.2) is 36.5 Å². The lowest BCUT2D eigenvalue weighted by atomic mass is 10.1. The molecule has 1 aliphatic heterocycles. The van der Waals surface area contributed by atoms with Crippen LogP contribution in [0.25, 0.3) is 16.9 Å². The third-order valence-electron chi connectivity index (χ3n) is 5.42. The van der Waals surface area contributed by atoms with E-state index < -0.39 is 12.6 Å². The van der Waals surface area contributed by atoms with Crippen LogP contribution in [0.4, 0.5) is 13.2 Å². The quantitative estimate of drug-likeness (QED) is 0.594. The lowest BCUT2D eigenvalue weighted by molar-refractivity contribution is -0.134. The molecule has 3 aromatic rings. The molecule has 1 aromatic carbocycles. The summed E-state index contributed by atoms with van der Waals surface area (Å²) in [6.07, 6.45) is -1.06. The van der Waals surface area contributed by atoms with E-state index in [2.05, 4.69) is 9.97 Å². The van der Waals surface area contributed by atoms with Crippen molar-refractivity contribution in [2.24, 2.45) is 0 Å². The second kappa shape index (κ2) is 8.56. The number of carbonyl (C=O) groups excluding carboxylic acids is 1. The first-order valence-corrected chi connectivity index (χ1v) is 10.2. The molecule has 0 spiro atoms. The summed E-state index contributed by atoms with van der Waals surface area (Å²) in [6.45, 7) is 1.40. The Morgan fingerprint density at radius 2 is 1.84 bits per heavy atom. The molecular formula is C22H23F3N4O2. The number of imidazole rings is 1. The topological polar surface area (TPSA) is 60.3 Å². The van der Waals surface area contributed by atoms with Crippen LogP contribution in [0.3, 0.4) is 0 Å². The second-order valence-electron chi connectivity index (χ2n) is 7.60.